The highest BCUT2D eigenvalue weighted by Crippen LogP contribution is 2.07. The second-order valence-electron chi connectivity index (χ2n) is 3.72. The fraction of sp³-hybridized carbons (Fsp3) is 1.00. The Balaban J connectivity index is 4.09. The molecule has 0 N–H and O–H groups in total. The molecule has 10 nitrogen and oxygen atoms in total. The summed E-state index contributed by atoms with van der Waals surface area (Å²) in [7, 11) is -5.39. The Hall–Kier alpha value is -1.30. The number of nitrogens with zero attached hydrogens (tertiary/aromatic N) is 4. The topological polar surface area (TPSA) is 134 Å². The number of nitroso groups, excluding NO2 is 2. The molecule has 0 aliphatic heterocycles. The molecule has 0 rings (SSSR count). The van der Waals surface area contributed by atoms with Crippen LogP contribution >= 0.6 is 0 Å². The summed E-state index contributed by atoms with van der Waals surface area (Å²) in [6.45, 7) is 0. The van der Waals surface area contributed by atoms with Crippen molar-refractivity contribution in [2.75, 3.05) is 25.6 Å². The summed E-state index contributed by atoms with van der Waals surface area (Å²) in [5.41, 5.74) is 0. The van der Waals surface area contributed by atoms with Crippen molar-refractivity contribution >= 4 is 20.0 Å². The van der Waals surface area contributed by atoms with Crippen molar-refractivity contribution in [1.29, 1.82) is 0 Å². The van der Waals surface area contributed by atoms with E-state index in [1.165, 1.54) is 0 Å². The smallest absolute Gasteiger partial charge is 0.205 e. The fourth-order valence-corrected chi connectivity index (χ4v) is 2.98. The molecule has 12 heteroatoms. The number of unbranched alkanes of at least 4 members (excludes halogenated alkanes) is 2. The summed E-state index contributed by atoms with van der Waals surface area (Å²) < 4.78 is 46.0. The third-order valence-electron chi connectivity index (χ3n) is 2.34. The van der Waals surface area contributed by atoms with Crippen LogP contribution in [0.3, 0.4) is 0 Å². The van der Waals surface area contributed by atoms with Gasteiger partial charge in [0.25, 0.3) is 20.0 Å². The summed E-state index contributed by atoms with van der Waals surface area (Å²) in [5, 5.41) is 4.56. The maximum atomic E-state index is 11.3. The highest BCUT2D eigenvalue weighted by atomic mass is 32.2. The molecule has 0 unspecified atom stereocenters. The van der Waals surface area contributed by atoms with Crippen molar-refractivity contribution in [3.8, 4) is 0 Å². The zero-order valence-electron chi connectivity index (χ0n) is 10.6. The van der Waals surface area contributed by atoms with E-state index in [4.69, 9.17) is 0 Å². The lowest BCUT2D eigenvalue weighted by atomic mass is 10.3. The van der Waals surface area contributed by atoms with Crippen molar-refractivity contribution in [3.05, 3.63) is 9.81 Å². The zero-order chi connectivity index (χ0) is 15.1. The largest absolute Gasteiger partial charge is 0.252 e. The van der Waals surface area contributed by atoms with Crippen molar-refractivity contribution in [3.63, 3.8) is 0 Å². The SMILES string of the molecule is CN(N=O)S(=O)(=O)CCCCCS(=O)(=O)N(C)N=O. The molecule has 0 saturated carbocycles. The normalized spacial score (nSPS) is 11.9. The Morgan fingerprint density at radius 1 is 0.737 bits per heavy atom. The van der Waals surface area contributed by atoms with Crippen LogP contribution in [0.15, 0.2) is 10.6 Å². The van der Waals surface area contributed by atoms with Crippen molar-refractivity contribution in [2.24, 2.45) is 10.6 Å². The van der Waals surface area contributed by atoms with E-state index in [1.54, 1.807) is 0 Å². The lowest BCUT2D eigenvalue weighted by Crippen LogP contribution is -2.25. The van der Waals surface area contributed by atoms with E-state index in [9.17, 15) is 26.6 Å². The molecule has 0 aliphatic carbocycles. The molecule has 0 heterocycles. The molecule has 0 saturated heterocycles. The van der Waals surface area contributed by atoms with Gasteiger partial charge in [0.1, 0.15) is 0 Å². The minimum atomic E-state index is -3.72. The molecule has 0 spiro atoms. The zero-order valence-corrected chi connectivity index (χ0v) is 12.2. The van der Waals surface area contributed by atoms with Crippen LogP contribution in [0.1, 0.15) is 19.3 Å². The maximum absolute atomic E-state index is 11.3. The predicted molar refractivity (Wildman–Crippen MR) is 68.5 cm³/mol. The second-order valence-corrected chi connectivity index (χ2v) is 7.93. The molecule has 19 heavy (non-hydrogen) atoms. The Morgan fingerprint density at radius 3 is 1.32 bits per heavy atom. The first-order chi connectivity index (χ1) is 8.67. The molecular weight excluding hydrogens is 300 g/mol. The molecule has 112 valence electrons. The van der Waals surface area contributed by atoms with Gasteiger partial charge in [-0.1, -0.05) is 6.42 Å². The van der Waals surface area contributed by atoms with Crippen LogP contribution in [0, 0.1) is 9.81 Å². The number of rotatable bonds is 10. The van der Waals surface area contributed by atoms with E-state index in [0.717, 1.165) is 14.1 Å². The van der Waals surface area contributed by atoms with Crippen LogP contribution in [0.2, 0.25) is 0 Å². The van der Waals surface area contributed by atoms with Gasteiger partial charge in [-0.2, -0.15) is 8.83 Å². The average Bonchev–Trinajstić information content (AvgIpc) is 2.35. The van der Waals surface area contributed by atoms with E-state index in [2.05, 4.69) is 10.6 Å². The van der Waals surface area contributed by atoms with Gasteiger partial charge >= 0.3 is 0 Å². The van der Waals surface area contributed by atoms with E-state index in [-0.39, 0.29) is 24.3 Å². The van der Waals surface area contributed by atoms with Crippen LogP contribution in [-0.4, -0.2) is 51.3 Å². The third-order valence-corrected chi connectivity index (χ3v) is 5.69. The highest BCUT2D eigenvalue weighted by molar-refractivity contribution is 7.89. The minimum Gasteiger partial charge on any atom is -0.205 e. The van der Waals surface area contributed by atoms with Gasteiger partial charge in [0.15, 0.2) is 0 Å². The van der Waals surface area contributed by atoms with Crippen LogP contribution in [0.4, 0.5) is 0 Å². The molecule has 0 aromatic heterocycles. The summed E-state index contributed by atoms with van der Waals surface area (Å²) in [6.07, 6.45) is 0.698. The average molecular weight is 316 g/mol. The van der Waals surface area contributed by atoms with E-state index < -0.39 is 20.0 Å². The van der Waals surface area contributed by atoms with Gasteiger partial charge in [-0.15, -0.1) is 9.81 Å². The van der Waals surface area contributed by atoms with Crippen molar-refractivity contribution < 1.29 is 16.8 Å². The Labute approximate surface area is 111 Å². The highest BCUT2D eigenvalue weighted by Gasteiger charge is 2.18. The van der Waals surface area contributed by atoms with Gasteiger partial charge in [-0.3, -0.25) is 0 Å². The summed E-state index contributed by atoms with van der Waals surface area (Å²) in [4.78, 5) is 20.1. The molecule has 0 fully saturated rings. The number of hydrogen-bond acceptors (Lipinski definition) is 8. The van der Waals surface area contributed by atoms with Gasteiger partial charge in [0.05, 0.1) is 22.1 Å². The van der Waals surface area contributed by atoms with E-state index in [0.29, 0.717) is 15.2 Å². The van der Waals surface area contributed by atoms with Gasteiger partial charge in [0, 0.05) is 14.1 Å². The summed E-state index contributed by atoms with van der Waals surface area (Å²) in [5.74, 6) is -0.589. The monoisotopic (exact) mass is 316 g/mol. The Bertz CT molecular complexity index is 456. The summed E-state index contributed by atoms with van der Waals surface area (Å²) in [6, 6.07) is 0. The van der Waals surface area contributed by atoms with Crippen LogP contribution in [-0.2, 0) is 20.0 Å². The quantitative estimate of drug-likeness (QED) is 0.317. The minimum absolute atomic E-state index is 0.190. The molecule has 0 atom stereocenters. The van der Waals surface area contributed by atoms with Crippen LogP contribution < -0.4 is 0 Å². The van der Waals surface area contributed by atoms with Crippen molar-refractivity contribution in [2.45, 2.75) is 19.3 Å². The number of hydrogen-bond donors (Lipinski definition) is 0. The van der Waals surface area contributed by atoms with Gasteiger partial charge in [0.2, 0.25) is 0 Å². The first-order valence-corrected chi connectivity index (χ1v) is 8.49. The van der Waals surface area contributed by atoms with E-state index >= 15 is 0 Å². The maximum Gasteiger partial charge on any atom is 0.252 e. The lowest BCUT2D eigenvalue weighted by molar-refractivity contribution is 0.480. The second kappa shape index (κ2) is 7.33. The predicted octanol–water partition coefficient (Wildman–Crippen LogP) is 0.0427. The van der Waals surface area contributed by atoms with Gasteiger partial charge in [-0.05, 0) is 12.8 Å². The molecule has 0 amide bonds. The molecule has 0 bridgehead atoms. The summed E-state index contributed by atoms with van der Waals surface area (Å²) >= 11 is 0. The Morgan fingerprint density at radius 2 is 1.05 bits per heavy atom. The van der Waals surface area contributed by atoms with E-state index in [1.807, 2.05) is 0 Å². The molecule has 0 aliphatic rings. The third kappa shape index (κ3) is 5.92. The molecule has 0 aromatic carbocycles. The van der Waals surface area contributed by atoms with Crippen LogP contribution in [0.25, 0.3) is 0 Å². The molecule has 0 radical (unpaired) electrons. The first-order valence-electron chi connectivity index (χ1n) is 5.27. The van der Waals surface area contributed by atoms with Crippen LogP contribution in [0.5, 0.6) is 0 Å². The standard InChI is InChI=1S/C7H16N4O6S2/c1-10(8-12)18(14,15)6-4-3-5-7-19(16,17)11(2)9-13/h3-7H2,1-2H3. The lowest BCUT2D eigenvalue weighted by Gasteiger charge is -2.10. The number of sulfonamides is 2. The first kappa shape index (κ1) is 17.7. The molecule has 0 aromatic rings. The molecular formula is C7H16N4O6S2. The van der Waals surface area contributed by atoms with Gasteiger partial charge < -0.3 is 0 Å². The fourth-order valence-electron chi connectivity index (χ4n) is 1.11. The van der Waals surface area contributed by atoms with Gasteiger partial charge in [-0.25, -0.2) is 16.8 Å². The Kier molecular flexibility index (Phi) is 6.83. The van der Waals surface area contributed by atoms with Crippen molar-refractivity contribution in [1.82, 2.24) is 8.83 Å².